The molecule has 4 aromatic rings. The second-order valence-corrected chi connectivity index (χ2v) is 10.3. The standard InChI is InChI=1S/C31H20F12N4O2/c32-28(33,34)18-3-1-5-22(12-18)44-26(48)46-24-10-16(8-20(14-24)30(38,39)40)7-17-9-21(31(41,42)43)15-25(11-17)47-27(49)45-23-6-2-4-19(13-23)29(35,36)37/h1-6,8-15H,7H2,(H2,44,46,48)(H2,45,47,49). The van der Waals surface area contributed by atoms with E-state index in [0.717, 1.165) is 48.5 Å². The van der Waals surface area contributed by atoms with Crippen LogP contribution >= 0.6 is 0 Å². The number of benzene rings is 4. The van der Waals surface area contributed by atoms with Crippen molar-refractivity contribution in [2.24, 2.45) is 0 Å². The summed E-state index contributed by atoms with van der Waals surface area (Å²) >= 11 is 0. The first-order valence-corrected chi connectivity index (χ1v) is 13.5. The van der Waals surface area contributed by atoms with Gasteiger partial charge < -0.3 is 21.3 Å². The van der Waals surface area contributed by atoms with Gasteiger partial charge >= 0.3 is 36.8 Å². The molecule has 18 heteroatoms. The van der Waals surface area contributed by atoms with E-state index in [-0.39, 0.29) is 22.5 Å². The molecule has 0 saturated carbocycles. The molecule has 0 fully saturated rings. The van der Waals surface area contributed by atoms with Crippen molar-refractivity contribution in [1.29, 1.82) is 0 Å². The van der Waals surface area contributed by atoms with Gasteiger partial charge in [-0.05, 0) is 90.3 Å². The minimum atomic E-state index is -5.01. The Hall–Kier alpha value is -5.42. The van der Waals surface area contributed by atoms with E-state index in [2.05, 4.69) is 0 Å². The number of urea groups is 2. The highest BCUT2D eigenvalue weighted by molar-refractivity contribution is 6.00. The molecule has 0 aliphatic rings. The van der Waals surface area contributed by atoms with E-state index in [9.17, 15) is 62.3 Å². The van der Waals surface area contributed by atoms with Gasteiger partial charge in [-0.15, -0.1) is 0 Å². The van der Waals surface area contributed by atoms with Gasteiger partial charge in [0.25, 0.3) is 0 Å². The molecule has 4 amide bonds. The first-order chi connectivity index (χ1) is 22.6. The average molecular weight is 709 g/mol. The second kappa shape index (κ2) is 13.6. The van der Waals surface area contributed by atoms with Crippen molar-refractivity contribution in [2.75, 3.05) is 21.3 Å². The van der Waals surface area contributed by atoms with Crippen molar-refractivity contribution in [3.63, 3.8) is 0 Å². The number of halogens is 12. The Morgan fingerprint density at radius 1 is 0.408 bits per heavy atom. The van der Waals surface area contributed by atoms with Gasteiger partial charge in [-0.3, -0.25) is 0 Å². The van der Waals surface area contributed by atoms with Crippen LogP contribution in [0.4, 0.5) is 85.0 Å². The lowest BCUT2D eigenvalue weighted by Crippen LogP contribution is -2.21. The monoisotopic (exact) mass is 708 g/mol. The van der Waals surface area contributed by atoms with Crippen molar-refractivity contribution >= 4 is 34.8 Å². The molecule has 0 aromatic heterocycles. The number of hydrogen-bond donors (Lipinski definition) is 4. The van der Waals surface area contributed by atoms with Crippen LogP contribution in [0.1, 0.15) is 33.4 Å². The normalized spacial score (nSPS) is 12.3. The first kappa shape index (κ1) is 36.4. The summed E-state index contributed by atoms with van der Waals surface area (Å²) in [4.78, 5) is 24.9. The smallest absolute Gasteiger partial charge is 0.308 e. The Labute approximate surface area is 268 Å². The molecule has 0 aliphatic carbocycles. The molecule has 0 radical (unpaired) electrons. The summed E-state index contributed by atoms with van der Waals surface area (Å²) in [6, 6.07) is 8.39. The third kappa shape index (κ3) is 10.3. The lowest BCUT2D eigenvalue weighted by molar-refractivity contribution is -0.138. The largest absolute Gasteiger partial charge is 0.416 e. The van der Waals surface area contributed by atoms with Crippen LogP contribution in [0, 0.1) is 0 Å². The Bertz CT molecular complexity index is 1720. The zero-order chi connectivity index (χ0) is 36.4. The number of amides is 4. The summed E-state index contributed by atoms with van der Waals surface area (Å²) in [5.74, 6) is 0. The van der Waals surface area contributed by atoms with Crippen LogP contribution in [-0.2, 0) is 31.1 Å². The highest BCUT2D eigenvalue weighted by Gasteiger charge is 2.34. The molecule has 0 saturated heterocycles. The number of hydrogen-bond acceptors (Lipinski definition) is 2. The van der Waals surface area contributed by atoms with Crippen LogP contribution in [0.2, 0.25) is 0 Å². The molecule has 49 heavy (non-hydrogen) atoms. The third-order valence-corrected chi connectivity index (χ3v) is 6.46. The number of anilines is 4. The SMILES string of the molecule is O=C(Nc1cccc(C(F)(F)F)c1)Nc1cc(Cc2cc(NC(=O)Nc3cccc(C(F)(F)F)c3)cc(C(F)(F)F)c2)cc(C(F)(F)F)c1. The van der Waals surface area contributed by atoms with Gasteiger partial charge in [0.1, 0.15) is 0 Å². The topological polar surface area (TPSA) is 82.3 Å². The number of rotatable bonds is 6. The molecule has 0 bridgehead atoms. The first-order valence-electron chi connectivity index (χ1n) is 13.5. The number of alkyl halides is 12. The minimum Gasteiger partial charge on any atom is -0.308 e. The fourth-order valence-electron chi connectivity index (χ4n) is 4.43. The maximum atomic E-state index is 13.7. The predicted octanol–water partition coefficient (Wildman–Crippen LogP) is 10.6. The number of carbonyl (C=O) groups excluding carboxylic acids is 2. The van der Waals surface area contributed by atoms with Gasteiger partial charge in [0.15, 0.2) is 0 Å². The van der Waals surface area contributed by atoms with Gasteiger partial charge in [0, 0.05) is 22.7 Å². The summed E-state index contributed by atoms with van der Waals surface area (Å²) in [7, 11) is 0. The second-order valence-electron chi connectivity index (χ2n) is 10.3. The van der Waals surface area contributed by atoms with E-state index >= 15 is 0 Å². The van der Waals surface area contributed by atoms with Crippen molar-refractivity contribution in [1.82, 2.24) is 0 Å². The van der Waals surface area contributed by atoms with Crippen LogP contribution in [0.5, 0.6) is 0 Å². The number of carbonyl (C=O) groups is 2. The van der Waals surface area contributed by atoms with E-state index in [1.807, 2.05) is 21.3 Å². The maximum Gasteiger partial charge on any atom is 0.416 e. The van der Waals surface area contributed by atoms with Crippen molar-refractivity contribution in [3.05, 3.63) is 118 Å². The van der Waals surface area contributed by atoms with Gasteiger partial charge in [0.05, 0.1) is 22.3 Å². The lowest BCUT2D eigenvalue weighted by atomic mass is 9.99. The summed E-state index contributed by atoms with van der Waals surface area (Å²) in [6.45, 7) is 0. The Kier molecular flexibility index (Phi) is 10.1. The Morgan fingerprint density at radius 2 is 0.714 bits per heavy atom. The molecular weight excluding hydrogens is 688 g/mol. The maximum absolute atomic E-state index is 13.7. The zero-order valence-corrected chi connectivity index (χ0v) is 24.1. The Morgan fingerprint density at radius 3 is 1.04 bits per heavy atom. The molecule has 0 spiro atoms. The summed E-state index contributed by atoms with van der Waals surface area (Å²) in [5.41, 5.74) is -7.16. The fourth-order valence-corrected chi connectivity index (χ4v) is 4.43. The quantitative estimate of drug-likeness (QED) is 0.150. The summed E-state index contributed by atoms with van der Waals surface area (Å²) < 4.78 is 160. The van der Waals surface area contributed by atoms with Crippen LogP contribution in [0.3, 0.4) is 0 Å². The molecule has 0 heterocycles. The molecule has 4 aromatic carbocycles. The molecule has 4 rings (SSSR count). The predicted molar refractivity (Wildman–Crippen MR) is 154 cm³/mol. The van der Waals surface area contributed by atoms with Gasteiger partial charge in [0.2, 0.25) is 0 Å². The van der Waals surface area contributed by atoms with E-state index < -0.39 is 76.8 Å². The van der Waals surface area contributed by atoms with E-state index in [4.69, 9.17) is 0 Å². The molecule has 260 valence electrons. The number of nitrogens with one attached hydrogen (secondary N) is 4. The average Bonchev–Trinajstić information content (AvgIpc) is 2.95. The zero-order valence-electron chi connectivity index (χ0n) is 24.1. The van der Waals surface area contributed by atoms with E-state index in [1.165, 1.54) is 0 Å². The highest BCUT2D eigenvalue weighted by Crippen LogP contribution is 2.36. The van der Waals surface area contributed by atoms with Crippen LogP contribution in [0.15, 0.2) is 84.9 Å². The van der Waals surface area contributed by atoms with Gasteiger partial charge in [-0.1, -0.05) is 12.1 Å². The Balaban J connectivity index is 1.59. The van der Waals surface area contributed by atoms with E-state index in [0.29, 0.717) is 36.4 Å². The van der Waals surface area contributed by atoms with Gasteiger partial charge in [-0.2, -0.15) is 52.7 Å². The fraction of sp³-hybridized carbons (Fsp3) is 0.161. The molecule has 0 unspecified atom stereocenters. The molecular formula is C31H20F12N4O2. The van der Waals surface area contributed by atoms with Crippen molar-refractivity contribution in [2.45, 2.75) is 31.1 Å². The molecule has 0 aliphatic heterocycles. The van der Waals surface area contributed by atoms with Crippen LogP contribution in [0.25, 0.3) is 0 Å². The van der Waals surface area contributed by atoms with E-state index in [1.54, 1.807) is 0 Å². The molecule has 0 atom stereocenters. The van der Waals surface area contributed by atoms with Crippen molar-refractivity contribution in [3.8, 4) is 0 Å². The summed E-state index contributed by atoms with van der Waals surface area (Å²) in [5, 5.41) is 8.20. The summed E-state index contributed by atoms with van der Waals surface area (Å²) in [6.07, 6.45) is -20.1. The van der Waals surface area contributed by atoms with Crippen LogP contribution < -0.4 is 21.3 Å². The molecule has 4 N–H and O–H groups in total. The lowest BCUT2D eigenvalue weighted by Gasteiger charge is -2.16. The van der Waals surface area contributed by atoms with Crippen molar-refractivity contribution < 1.29 is 62.3 Å². The van der Waals surface area contributed by atoms with Gasteiger partial charge in [-0.25, -0.2) is 9.59 Å². The minimum absolute atomic E-state index is 0.275. The highest BCUT2D eigenvalue weighted by atomic mass is 19.4. The van der Waals surface area contributed by atoms with Crippen LogP contribution in [-0.4, -0.2) is 12.1 Å². The molecule has 6 nitrogen and oxygen atoms in total. The third-order valence-electron chi connectivity index (χ3n) is 6.46.